The van der Waals surface area contributed by atoms with Crippen LogP contribution in [0.2, 0.25) is 0 Å². The van der Waals surface area contributed by atoms with Crippen molar-refractivity contribution in [2.75, 3.05) is 9.80 Å². The summed E-state index contributed by atoms with van der Waals surface area (Å²) >= 11 is 0. The van der Waals surface area contributed by atoms with Gasteiger partial charge in [0, 0.05) is 46.6 Å². The molecule has 0 radical (unpaired) electrons. The minimum atomic E-state index is -2.96. The molecule has 0 amide bonds. The first-order valence-corrected chi connectivity index (χ1v) is 17.9. The van der Waals surface area contributed by atoms with Crippen molar-refractivity contribution in [3.63, 3.8) is 0 Å². The third-order valence-electron chi connectivity index (χ3n) is 8.69. The summed E-state index contributed by atoms with van der Waals surface area (Å²) in [5.41, 5.74) is 6.64. The molecule has 6 aromatic rings. The highest BCUT2D eigenvalue weighted by Gasteiger charge is 2.35. The molecule has 1 heterocycles. The zero-order valence-electron chi connectivity index (χ0n) is 27.0. The summed E-state index contributed by atoms with van der Waals surface area (Å²) in [5.74, 6) is 0. The van der Waals surface area contributed by atoms with Crippen molar-refractivity contribution < 1.29 is 0 Å². The van der Waals surface area contributed by atoms with E-state index in [1.54, 1.807) is 12.2 Å². The Kier molecular flexibility index (Phi) is 8.96. The van der Waals surface area contributed by atoms with Gasteiger partial charge in [-0.1, -0.05) is 97.1 Å². The smallest absolute Gasteiger partial charge is 0.196 e. The average Bonchev–Trinajstić information content (AvgIpc) is 3.20. The molecule has 1 aliphatic heterocycles. The number of rotatable bonds is 8. The van der Waals surface area contributed by atoms with Gasteiger partial charge in [0.05, 0.1) is 24.0 Å². The Bertz CT molecular complexity index is 2170. The number of nitriles is 2. The monoisotopic (exact) mass is 659 g/mol. The van der Waals surface area contributed by atoms with Crippen LogP contribution in [-0.4, -0.2) is 5.42 Å². The molecular formula is C44H30N5P. The van der Waals surface area contributed by atoms with Gasteiger partial charge < -0.3 is 9.80 Å². The SMILES string of the molecule is [C-]#[N+]C1=P(c2ccc(N(c3ccccc3)c3ccccc3)cc2)(c2ccc(N(c3ccccc3)c3ccccc3)cc2)C(C#N)=CC(C#N)=C1. The molecule has 0 fully saturated rings. The lowest BCUT2D eigenvalue weighted by Crippen LogP contribution is -2.24. The number of hydrogen-bond donors (Lipinski definition) is 0. The third kappa shape index (κ3) is 5.78. The largest absolute Gasteiger partial charge is 0.311 e. The highest BCUT2D eigenvalue weighted by Crippen LogP contribution is 2.57. The Morgan fingerprint density at radius 3 is 1.08 bits per heavy atom. The van der Waals surface area contributed by atoms with Crippen LogP contribution in [0, 0.1) is 29.2 Å². The van der Waals surface area contributed by atoms with Gasteiger partial charge in [-0.15, -0.1) is 0 Å². The molecule has 0 saturated carbocycles. The van der Waals surface area contributed by atoms with Crippen LogP contribution in [0.5, 0.6) is 0 Å². The van der Waals surface area contributed by atoms with Crippen LogP contribution in [0.25, 0.3) is 4.85 Å². The van der Waals surface area contributed by atoms with Gasteiger partial charge in [0.1, 0.15) is 0 Å². The molecule has 1 aliphatic rings. The molecular weight excluding hydrogens is 629 g/mol. The van der Waals surface area contributed by atoms with Crippen molar-refractivity contribution >= 4 is 57.0 Å². The molecule has 0 N–H and O–H groups in total. The van der Waals surface area contributed by atoms with Crippen LogP contribution in [0.15, 0.2) is 193 Å². The van der Waals surface area contributed by atoms with Gasteiger partial charge in [-0.25, -0.2) is 4.85 Å². The second-order valence-electron chi connectivity index (χ2n) is 11.5. The first-order chi connectivity index (χ1) is 24.7. The molecule has 7 rings (SSSR count). The lowest BCUT2D eigenvalue weighted by Gasteiger charge is -2.32. The minimum absolute atomic E-state index is 0.301. The summed E-state index contributed by atoms with van der Waals surface area (Å²) in [5, 5.41) is 22.7. The van der Waals surface area contributed by atoms with Gasteiger partial charge in [-0.05, 0) is 95.6 Å². The third-order valence-corrected chi connectivity index (χ3v) is 12.7. The molecule has 0 bridgehead atoms. The van der Waals surface area contributed by atoms with Gasteiger partial charge in [-0.2, -0.15) is 10.5 Å². The van der Waals surface area contributed by atoms with Gasteiger partial charge in [-0.3, -0.25) is 0 Å². The summed E-state index contributed by atoms with van der Waals surface area (Å²) in [6.45, 7) is 5.40. The molecule has 0 saturated heterocycles. The van der Waals surface area contributed by atoms with Crippen molar-refractivity contribution in [1.29, 1.82) is 10.5 Å². The zero-order chi connectivity index (χ0) is 34.3. The molecule has 0 aromatic heterocycles. The predicted molar refractivity (Wildman–Crippen MR) is 207 cm³/mol. The van der Waals surface area contributed by atoms with Crippen LogP contribution >= 0.6 is 6.89 Å². The second kappa shape index (κ2) is 14.1. The first-order valence-electron chi connectivity index (χ1n) is 16.1. The molecule has 6 heteroatoms. The molecule has 0 aliphatic carbocycles. The fourth-order valence-corrected chi connectivity index (χ4v) is 10.3. The standard InChI is InChI=1S/C44H30N5P/c1-47-44-31-34(32-45)30-43(33-46)50(44,41-26-22-39(23-27-41)48(35-14-6-2-7-15-35)36-16-8-3-9-17-36)42-28-24-40(25-29-42)49(37-18-10-4-11-19-37)38-20-12-5-13-21-38/h2-31H. The minimum Gasteiger partial charge on any atom is -0.311 e. The Morgan fingerprint density at radius 1 is 0.440 bits per heavy atom. The van der Waals surface area contributed by atoms with Crippen LogP contribution in [0.1, 0.15) is 0 Å². The molecule has 0 atom stereocenters. The van der Waals surface area contributed by atoms with Crippen LogP contribution in [0.4, 0.5) is 34.1 Å². The number of anilines is 6. The Hall–Kier alpha value is -6.83. The lowest BCUT2D eigenvalue weighted by atomic mass is 10.2. The number of para-hydroxylation sites is 4. The van der Waals surface area contributed by atoms with E-state index < -0.39 is 6.89 Å². The first kappa shape index (κ1) is 31.8. The Labute approximate surface area is 293 Å². The van der Waals surface area contributed by atoms with Crippen LogP contribution in [-0.2, 0) is 0 Å². The van der Waals surface area contributed by atoms with E-state index in [9.17, 15) is 10.5 Å². The van der Waals surface area contributed by atoms with Crippen LogP contribution < -0.4 is 20.4 Å². The Balaban J connectivity index is 1.41. The number of allylic oxidation sites excluding steroid dienone is 3. The lowest BCUT2D eigenvalue weighted by molar-refractivity contribution is 1.28. The highest BCUT2D eigenvalue weighted by molar-refractivity contribution is 7.93. The molecule has 0 spiro atoms. The van der Waals surface area contributed by atoms with Gasteiger partial charge in [0.15, 0.2) is 5.42 Å². The molecule has 5 nitrogen and oxygen atoms in total. The van der Waals surface area contributed by atoms with E-state index in [0.29, 0.717) is 16.3 Å². The molecule has 0 unspecified atom stereocenters. The number of hydrogen-bond acceptors (Lipinski definition) is 4. The average molecular weight is 660 g/mol. The highest BCUT2D eigenvalue weighted by atomic mass is 31.2. The van der Waals surface area contributed by atoms with E-state index in [1.165, 1.54) is 0 Å². The van der Waals surface area contributed by atoms with Gasteiger partial charge in [0.2, 0.25) is 0 Å². The molecule has 50 heavy (non-hydrogen) atoms. The fraction of sp³-hybridized carbons (Fsp3) is 0. The second-order valence-corrected chi connectivity index (χ2v) is 14.9. The van der Waals surface area contributed by atoms with E-state index in [1.807, 2.05) is 97.1 Å². The van der Waals surface area contributed by atoms with Gasteiger partial charge >= 0.3 is 0 Å². The van der Waals surface area contributed by atoms with Crippen molar-refractivity contribution in [3.8, 4) is 12.1 Å². The summed E-state index contributed by atoms with van der Waals surface area (Å²) in [6.07, 6.45) is 3.31. The zero-order valence-corrected chi connectivity index (χ0v) is 27.9. The summed E-state index contributed by atoms with van der Waals surface area (Å²) in [7, 11) is 0. The number of nitrogens with zero attached hydrogens (tertiary/aromatic N) is 5. The van der Waals surface area contributed by atoms with E-state index in [2.05, 4.69) is 99.6 Å². The van der Waals surface area contributed by atoms with Gasteiger partial charge in [0.25, 0.3) is 0 Å². The van der Waals surface area contributed by atoms with E-state index in [-0.39, 0.29) is 0 Å². The van der Waals surface area contributed by atoms with Crippen molar-refractivity contribution in [2.45, 2.75) is 0 Å². The summed E-state index contributed by atoms with van der Waals surface area (Å²) in [6, 6.07) is 61.7. The van der Waals surface area contributed by atoms with E-state index in [0.717, 1.165) is 44.7 Å². The van der Waals surface area contributed by atoms with Crippen molar-refractivity contribution in [2.24, 2.45) is 0 Å². The summed E-state index contributed by atoms with van der Waals surface area (Å²) < 4.78 is 0. The normalized spacial score (nSPS) is 13.1. The maximum absolute atomic E-state index is 10.7. The quantitative estimate of drug-likeness (QED) is 0.121. The Morgan fingerprint density at radius 2 is 0.780 bits per heavy atom. The van der Waals surface area contributed by atoms with E-state index >= 15 is 0 Å². The predicted octanol–water partition coefficient (Wildman–Crippen LogP) is 10.5. The topological polar surface area (TPSA) is 58.4 Å². The maximum atomic E-state index is 10.7. The van der Waals surface area contributed by atoms with Crippen molar-refractivity contribution in [1.82, 2.24) is 0 Å². The maximum Gasteiger partial charge on any atom is 0.196 e. The van der Waals surface area contributed by atoms with E-state index in [4.69, 9.17) is 6.57 Å². The van der Waals surface area contributed by atoms with Crippen molar-refractivity contribution in [3.05, 3.63) is 204 Å². The summed E-state index contributed by atoms with van der Waals surface area (Å²) in [4.78, 5) is 8.39. The number of benzene rings is 6. The van der Waals surface area contributed by atoms with Crippen LogP contribution in [0.3, 0.4) is 0 Å². The molecule has 236 valence electrons. The molecule has 6 aromatic carbocycles. The fourth-order valence-electron chi connectivity index (χ4n) is 6.47.